The van der Waals surface area contributed by atoms with Gasteiger partial charge in [0.15, 0.2) is 5.82 Å². The molecule has 1 aliphatic heterocycles. The predicted molar refractivity (Wildman–Crippen MR) is 103 cm³/mol. The number of carbonyl (C=O) groups excluding carboxylic acids is 1. The largest absolute Gasteiger partial charge is 0.339 e. The van der Waals surface area contributed by atoms with Crippen molar-refractivity contribution in [3.63, 3.8) is 0 Å². The van der Waals surface area contributed by atoms with E-state index in [1.165, 1.54) is 12.0 Å². The van der Waals surface area contributed by atoms with Crippen molar-refractivity contribution in [2.45, 2.75) is 77.2 Å². The molecule has 1 saturated heterocycles. The maximum atomic E-state index is 12.9. The first-order valence-electron chi connectivity index (χ1n) is 9.97. The number of nitrogens with zero attached hydrogens (tertiary/aromatic N) is 4. The molecule has 6 nitrogen and oxygen atoms in total. The fourth-order valence-corrected chi connectivity index (χ4v) is 3.53. The highest BCUT2D eigenvalue weighted by atomic mass is 16.5. The van der Waals surface area contributed by atoms with Gasteiger partial charge < -0.3 is 9.42 Å². The lowest BCUT2D eigenvalue weighted by atomic mass is 9.96. The lowest BCUT2D eigenvalue weighted by Crippen LogP contribution is -2.34. The van der Waals surface area contributed by atoms with Gasteiger partial charge in [-0.3, -0.25) is 9.78 Å². The first kappa shape index (κ1) is 19.5. The Morgan fingerprint density at radius 3 is 2.70 bits per heavy atom. The second kappa shape index (κ2) is 8.63. The number of rotatable bonds is 5. The summed E-state index contributed by atoms with van der Waals surface area (Å²) in [6.45, 7) is 7.01. The molecule has 1 fully saturated rings. The molecule has 0 saturated carbocycles. The predicted octanol–water partition coefficient (Wildman–Crippen LogP) is 4.23. The fraction of sp³-hybridized carbons (Fsp3) is 0.619. The van der Waals surface area contributed by atoms with Crippen LogP contribution >= 0.6 is 0 Å². The topological polar surface area (TPSA) is 72.1 Å². The molecule has 0 spiro atoms. The number of hydrogen-bond donors (Lipinski definition) is 0. The van der Waals surface area contributed by atoms with Gasteiger partial charge in [-0.25, -0.2) is 0 Å². The zero-order valence-electron chi connectivity index (χ0n) is 16.6. The molecule has 0 N–H and O–H groups in total. The molecule has 146 valence electrons. The summed E-state index contributed by atoms with van der Waals surface area (Å²) in [5, 5.41) is 4.05. The van der Waals surface area contributed by atoms with E-state index < -0.39 is 0 Å². The third kappa shape index (κ3) is 5.15. The van der Waals surface area contributed by atoms with Crippen LogP contribution in [0.3, 0.4) is 0 Å². The molecule has 1 atom stereocenters. The summed E-state index contributed by atoms with van der Waals surface area (Å²) in [7, 11) is 0. The van der Waals surface area contributed by atoms with Crippen LogP contribution < -0.4 is 0 Å². The third-order valence-electron chi connectivity index (χ3n) is 5.08. The fourth-order valence-electron chi connectivity index (χ4n) is 3.53. The molecular weight excluding hydrogens is 340 g/mol. The van der Waals surface area contributed by atoms with E-state index in [9.17, 15) is 4.79 Å². The molecule has 2 aromatic rings. The minimum Gasteiger partial charge on any atom is -0.339 e. The van der Waals surface area contributed by atoms with Crippen molar-refractivity contribution in [1.29, 1.82) is 0 Å². The summed E-state index contributed by atoms with van der Waals surface area (Å²) in [5.41, 5.74) is 1.06. The second-order valence-corrected chi connectivity index (χ2v) is 8.35. The zero-order chi connectivity index (χ0) is 19.3. The molecule has 3 rings (SSSR count). The Hall–Kier alpha value is -2.24. The van der Waals surface area contributed by atoms with E-state index in [4.69, 9.17) is 4.52 Å². The van der Waals surface area contributed by atoms with Crippen LogP contribution in [0, 0.1) is 0 Å². The highest BCUT2D eigenvalue weighted by Crippen LogP contribution is 2.30. The van der Waals surface area contributed by atoms with Crippen molar-refractivity contribution in [1.82, 2.24) is 20.0 Å². The van der Waals surface area contributed by atoms with E-state index in [-0.39, 0.29) is 17.4 Å². The van der Waals surface area contributed by atoms with Crippen LogP contribution in [-0.4, -0.2) is 32.5 Å². The lowest BCUT2D eigenvalue weighted by Gasteiger charge is -2.30. The molecule has 6 heteroatoms. The van der Waals surface area contributed by atoms with Crippen LogP contribution in [0.25, 0.3) is 0 Å². The Morgan fingerprint density at radius 1 is 1.22 bits per heavy atom. The number of aryl methyl sites for hydroxylation is 1. The monoisotopic (exact) mass is 370 g/mol. The van der Waals surface area contributed by atoms with Gasteiger partial charge in [0.1, 0.15) is 0 Å². The van der Waals surface area contributed by atoms with Gasteiger partial charge in [0.2, 0.25) is 11.8 Å². The van der Waals surface area contributed by atoms with Crippen molar-refractivity contribution in [3.05, 3.63) is 41.8 Å². The number of hydrogen-bond acceptors (Lipinski definition) is 5. The van der Waals surface area contributed by atoms with Crippen LogP contribution in [0.5, 0.6) is 0 Å². The summed E-state index contributed by atoms with van der Waals surface area (Å²) >= 11 is 0. The van der Waals surface area contributed by atoms with E-state index in [2.05, 4.69) is 40.8 Å². The molecule has 0 radical (unpaired) electrons. The minimum atomic E-state index is -0.124. The van der Waals surface area contributed by atoms with Crippen LogP contribution in [0.2, 0.25) is 0 Å². The normalized spacial score (nSPS) is 18.3. The standard InChI is InChI=1S/C21H30N4O2/c1-21(2,3)20-23-18(27-24-20)9-7-10-19(26)25-15-6-4-5-8-17(25)16-11-13-22-14-12-16/h11-14,17H,4-10,15H2,1-3H3. The molecule has 1 unspecified atom stereocenters. The average Bonchev–Trinajstić information content (AvgIpc) is 2.99. The maximum absolute atomic E-state index is 12.9. The highest BCUT2D eigenvalue weighted by molar-refractivity contribution is 5.76. The molecule has 1 amide bonds. The first-order chi connectivity index (χ1) is 12.9. The Balaban J connectivity index is 1.59. The minimum absolute atomic E-state index is 0.124. The molecule has 2 aromatic heterocycles. The van der Waals surface area contributed by atoms with Crippen molar-refractivity contribution in [2.24, 2.45) is 0 Å². The van der Waals surface area contributed by atoms with Crippen molar-refractivity contribution in [2.75, 3.05) is 6.54 Å². The van der Waals surface area contributed by atoms with Crippen molar-refractivity contribution >= 4 is 5.91 Å². The molecule has 1 aliphatic rings. The highest BCUT2D eigenvalue weighted by Gasteiger charge is 2.26. The summed E-state index contributed by atoms with van der Waals surface area (Å²) in [6.07, 6.45) is 9.94. The van der Waals surface area contributed by atoms with Crippen LogP contribution in [-0.2, 0) is 16.6 Å². The van der Waals surface area contributed by atoms with Crippen molar-refractivity contribution < 1.29 is 9.32 Å². The molecular formula is C21H30N4O2. The first-order valence-corrected chi connectivity index (χ1v) is 9.97. The van der Waals surface area contributed by atoms with Gasteiger partial charge in [-0.15, -0.1) is 0 Å². The zero-order valence-corrected chi connectivity index (χ0v) is 16.6. The lowest BCUT2D eigenvalue weighted by molar-refractivity contribution is -0.133. The van der Waals surface area contributed by atoms with Gasteiger partial charge in [-0.2, -0.15) is 4.98 Å². The Bertz CT molecular complexity index is 736. The molecule has 27 heavy (non-hydrogen) atoms. The van der Waals surface area contributed by atoms with Gasteiger partial charge in [0.05, 0.1) is 6.04 Å². The quantitative estimate of drug-likeness (QED) is 0.787. The van der Waals surface area contributed by atoms with Crippen molar-refractivity contribution in [3.8, 4) is 0 Å². The summed E-state index contributed by atoms with van der Waals surface area (Å²) in [4.78, 5) is 23.6. The Labute approximate surface area is 161 Å². The molecule has 0 aliphatic carbocycles. The van der Waals surface area contributed by atoms with Gasteiger partial charge in [0, 0.05) is 37.2 Å². The van der Waals surface area contributed by atoms with E-state index >= 15 is 0 Å². The summed E-state index contributed by atoms with van der Waals surface area (Å²) in [6, 6.07) is 4.23. The smallest absolute Gasteiger partial charge is 0.226 e. The SMILES string of the molecule is CC(C)(C)c1noc(CCCC(=O)N2CCCCCC2c2ccncc2)n1. The van der Waals surface area contributed by atoms with Crippen LogP contribution in [0.1, 0.15) is 82.6 Å². The molecule has 0 bridgehead atoms. The van der Waals surface area contributed by atoms with Crippen LogP contribution in [0.15, 0.2) is 29.0 Å². The van der Waals surface area contributed by atoms with E-state index in [1.54, 1.807) is 0 Å². The third-order valence-corrected chi connectivity index (χ3v) is 5.08. The molecule has 3 heterocycles. The summed E-state index contributed by atoms with van der Waals surface area (Å²) in [5.74, 6) is 1.55. The Kier molecular flexibility index (Phi) is 6.24. The second-order valence-electron chi connectivity index (χ2n) is 8.35. The van der Waals surface area contributed by atoms with Gasteiger partial charge in [-0.1, -0.05) is 38.8 Å². The van der Waals surface area contributed by atoms with E-state index in [0.29, 0.717) is 24.6 Å². The number of aromatic nitrogens is 3. The molecule has 0 aromatic carbocycles. The number of likely N-dealkylation sites (tertiary alicyclic amines) is 1. The summed E-state index contributed by atoms with van der Waals surface area (Å²) < 4.78 is 5.34. The van der Waals surface area contributed by atoms with E-state index in [0.717, 1.165) is 32.2 Å². The number of pyridine rings is 1. The Morgan fingerprint density at radius 2 is 2.00 bits per heavy atom. The van der Waals surface area contributed by atoms with Gasteiger partial charge in [-0.05, 0) is 37.0 Å². The van der Waals surface area contributed by atoms with Crippen LogP contribution in [0.4, 0.5) is 0 Å². The number of amides is 1. The number of carbonyl (C=O) groups is 1. The maximum Gasteiger partial charge on any atom is 0.226 e. The average molecular weight is 370 g/mol. The van der Waals surface area contributed by atoms with Gasteiger partial charge in [0.25, 0.3) is 0 Å². The van der Waals surface area contributed by atoms with E-state index in [1.807, 2.05) is 24.5 Å². The van der Waals surface area contributed by atoms with Gasteiger partial charge >= 0.3 is 0 Å².